The smallest absolute Gasteiger partial charge is 0.168 e. The summed E-state index contributed by atoms with van der Waals surface area (Å²) in [4.78, 5) is 5.43. The van der Waals surface area contributed by atoms with Crippen LogP contribution in [-0.4, -0.2) is 28.6 Å². The second kappa shape index (κ2) is 3.38. The summed E-state index contributed by atoms with van der Waals surface area (Å²) in [6, 6.07) is 2.12. The number of H-pyrrole nitrogens is 1. The Hall–Kier alpha value is -1.03. The number of aromatic nitrogens is 1. The molecular formula is C9H13N3S. The predicted molar refractivity (Wildman–Crippen MR) is 56.6 cm³/mol. The summed E-state index contributed by atoms with van der Waals surface area (Å²) in [6.07, 6.45) is 3.06. The second-order valence-electron chi connectivity index (χ2n) is 3.21. The van der Waals surface area contributed by atoms with E-state index in [0.29, 0.717) is 0 Å². The van der Waals surface area contributed by atoms with Gasteiger partial charge in [-0.2, -0.15) is 0 Å². The first-order valence-electron chi connectivity index (χ1n) is 4.43. The number of aromatic amines is 1. The maximum Gasteiger partial charge on any atom is 0.168 e. The third-order valence-electron chi connectivity index (χ3n) is 2.42. The average molecular weight is 195 g/mol. The average Bonchev–Trinajstić information content (AvgIpc) is 2.63. The molecule has 0 aromatic carbocycles. The van der Waals surface area contributed by atoms with Gasteiger partial charge in [-0.3, -0.25) is 0 Å². The van der Waals surface area contributed by atoms with Crippen LogP contribution in [0.25, 0.3) is 0 Å². The summed E-state index contributed by atoms with van der Waals surface area (Å²) < 4.78 is 0. The van der Waals surface area contributed by atoms with Crippen molar-refractivity contribution in [3.63, 3.8) is 0 Å². The lowest BCUT2D eigenvalue weighted by Gasteiger charge is -2.28. The third-order valence-corrected chi connectivity index (χ3v) is 2.89. The number of fused-ring (bicyclic) bond motifs is 1. The van der Waals surface area contributed by atoms with Crippen molar-refractivity contribution in [1.82, 2.24) is 15.2 Å². The fourth-order valence-corrected chi connectivity index (χ4v) is 1.84. The maximum absolute atomic E-state index is 5.18. The van der Waals surface area contributed by atoms with E-state index in [-0.39, 0.29) is 0 Å². The van der Waals surface area contributed by atoms with Crippen LogP contribution in [0, 0.1) is 0 Å². The number of rotatable bonds is 0. The molecule has 2 rings (SSSR count). The zero-order chi connectivity index (χ0) is 9.26. The van der Waals surface area contributed by atoms with Crippen LogP contribution in [0.2, 0.25) is 0 Å². The molecule has 70 valence electrons. The van der Waals surface area contributed by atoms with Gasteiger partial charge in [-0.05, 0) is 23.8 Å². The molecule has 0 radical (unpaired) electrons. The molecule has 1 aromatic rings. The van der Waals surface area contributed by atoms with Crippen molar-refractivity contribution in [2.75, 3.05) is 13.6 Å². The minimum atomic E-state index is 0.840. The van der Waals surface area contributed by atoms with Crippen LogP contribution < -0.4 is 5.32 Å². The van der Waals surface area contributed by atoms with Gasteiger partial charge in [0.25, 0.3) is 0 Å². The van der Waals surface area contributed by atoms with Gasteiger partial charge in [0.05, 0.1) is 0 Å². The standard InChI is InChI=1S/C9H13N3S/c1-10-9(13)12-5-3-8-7(6-12)2-4-11-8/h2,4,11H,3,5-6H2,1H3,(H,10,13). The molecule has 0 amide bonds. The Morgan fingerprint density at radius 1 is 1.69 bits per heavy atom. The molecule has 1 aromatic heterocycles. The van der Waals surface area contributed by atoms with Gasteiger partial charge in [0.15, 0.2) is 5.11 Å². The van der Waals surface area contributed by atoms with Gasteiger partial charge in [-0.25, -0.2) is 0 Å². The van der Waals surface area contributed by atoms with Crippen molar-refractivity contribution >= 4 is 17.3 Å². The van der Waals surface area contributed by atoms with Gasteiger partial charge in [-0.15, -0.1) is 0 Å². The number of thiocarbonyl (C=S) groups is 1. The Kier molecular flexibility index (Phi) is 2.22. The quantitative estimate of drug-likeness (QED) is 0.602. The molecule has 0 fully saturated rings. The van der Waals surface area contributed by atoms with Crippen molar-refractivity contribution in [2.45, 2.75) is 13.0 Å². The van der Waals surface area contributed by atoms with E-state index in [1.165, 1.54) is 11.3 Å². The lowest BCUT2D eigenvalue weighted by Crippen LogP contribution is -2.40. The van der Waals surface area contributed by atoms with E-state index in [2.05, 4.69) is 21.3 Å². The first kappa shape index (κ1) is 8.56. The molecule has 1 aliphatic heterocycles. The first-order chi connectivity index (χ1) is 6.31. The highest BCUT2D eigenvalue weighted by molar-refractivity contribution is 7.80. The molecule has 0 atom stereocenters. The molecule has 4 heteroatoms. The zero-order valence-corrected chi connectivity index (χ0v) is 8.45. The fourth-order valence-electron chi connectivity index (χ4n) is 1.68. The van der Waals surface area contributed by atoms with E-state index in [1.54, 1.807) is 0 Å². The predicted octanol–water partition coefficient (Wildman–Crippen LogP) is 0.877. The summed E-state index contributed by atoms with van der Waals surface area (Å²) in [7, 11) is 1.87. The van der Waals surface area contributed by atoms with Gasteiger partial charge in [-0.1, -0.05) is 0 Å². The Balaban J connectivity index is 2.13. The van der Waals surface area contributed by atoms with Crippen LogP contribution >= 0.6 is 12.2 Å². The van der Waals surface area contributed by atoms with Crippen LogP contribution in [0.1, 0.15) is 11.3 Å². The van der Waals surface area contributed by atoms with E-state index >= 15 is 0 Å². The zero-order valence-electron chi connectivity index (χ0n) is 7.63. The normalized spacial score (nSPS) is 15.3. The molecule has 3 nitrogen and oxygen atoms in total. The monoisotopic (exact) mass is 195 g/mol. The molecule has 1 aliphatic rings. The number of hydrogen-bond donors (Lipinski definition) is 2. The van der Waals surface area contributed by atoms with E-state index in [0.717, 1.165) is 24.6 Å². The molecule has 13 heavy (non-hydrogen) atoms. The highest BCUT2D eigenvalue weighted by Crippen LogP contribution is 2.16. The highest BCUT2D eigenvalue weighted by Gasteiger charge is 2.17. The topological polar surface area (TPSA) is 31.1 Å². The number of nitrogens with one attached hydrogen (secondary N) is 2. The fraction of sp³-hybridized carbons (Fsp3) is 0.444. The minimum absolute atomic E-state index is 0.840. The first-order valence-corrected chi connectivity index (χ1v) is 4.84. The summed E-state index contributed by atoms with van der Waals surface area (Å²) in [5.41, 5.74) is 2.72. The van der Waals surface area contributed by atoms with Crippen LogP contribution in [0.5, 0.6) is 0 Å². The van der Waals surface area contributed by atoms with Gasteiger partial charge in [0.1, 0.15) is 0 Å². The second-order valence-corrected chi connectivity index (χ2v) is 3.59. The molecule has 2 N–H and O–H groups in total. The van der Waals surface area contributed by atoms with Crippen molar-refractivity contribution < 1.29 is 0 Å². The highest BCUT2D eigenvalue weighted by atomic mass is 32.1. The molecule has 0 bridgehead atoms. The largest absolute Gasteiger partial charge is 0.366 e. The molecule has 0 saturated heterocycles. The summed E-state index contributed by atoms with van der Waals surface area (Å²) >= 11 is 5.18. The minimum Gasteiger partial charge on any atom is -0.366 e. The Morgan fingerprint density at radius 3 is 3.31 bits per heavy atom. The lowest BCUT2D eigenvalue weighted by atomic mass is 10.1. The van der Waals surface area contributed by atoms with Crippen LogP contribution in [0.4, 0.5) is 0 Å². The van der Waals surface area contributed by atoms with Crippen LogP contribution in [0.3, 0.4) is 0 Å². The van der Waals surface area contributed by atoms with Gasteiger partial charge in [0, 0.05) is 38.4 Å². The van der Waals surface area contributed by atoms with Crippen LogP contribution in [-0.2, 0) is 13.0 Å². The van der Waals surface area contributed by atoms with Crippen LogP contribution in [0.15, 0.2) is 12.3 Å². The summed E-state index contributed by atoms with van der Waals surface area (Å²) in [5, 5.41) is 3.84. The molecule has 0 aliphatic carbocycles. The molecule has 2 heterocycles. The molecule has 0 saturated carbocycles. The van der Waals surface area contributed by atoms with Crippen molar-refractivity contribution in [3.05, 3.63) is 23.5 Å². The van der Waals surface area contributed by atoms with Crippen molar-refractivity contribution in [3.8, 4) is 0 Å². The SMILES string of the molecule is CNC(=S)N1CCc2[nH]ccc2C1. The number of nitrogens with zero attached hydrogens (tertiary/aromatic N) is 1. The van der Waals surface area contributed by atoms with Gasteiger partial charge >= 0.3 is 0 Å². The van der Waals surface area contributed by atoms with E-state index < -0.39 is 0 Å². The third kappa shape index (κ3) is 1.54. The summed E-state index contributed by atoms with van der Waals surface area (Å²) in [6.45, 7) is 1.94. The van der Waals surface area contributed by atoms with E-state index in [9.17, 15) is 0 Å². The molecular weight excluding hydrogens is 182 g/mol. The Bertz CT molecular complexity index is 318. The lowest BCUT2D eigenvalue weighted by molar-refractivity contribution is 0.388. The molecule has 0 spiro atoms. The van der Waals surface area contributed by atoms with Crippen molar-refractivity contribution in [2.24, 2.45) is 0 Å². The molecule has 0 unspecified atom stereocenters. The Labute approximate surface area is 83.1 Å². The van der Waals surface area contributed by atoms with E-state index in [1.807, 2.05) is 13.2 Å². The number of hydrogen-bond acceptors (Lipinski definition) is 1. The van der Waals surface area contributed by atoms with Gasteiger partial charge < -0.3 is 15.2 Å². The van der Waals surface area contributed by atoms with Gasteiger partial charge in [0.2, 0.25) is 0 Å². The Morgan fingerprint density at radius 2 is 2.54 bits per heavy atom. The van der Waals surface area contributed by atoms with E-state index in [4.69, 9.17) is 12.2 Å². The maximum atomic E-state index is 5.18. The summed E-state index contributed by atoms with van der Waals surface area (Å²) in [5.74, 6) is 0. The van der Waals surface area contributed by atoms with Crippen molar-refractivity contribution in [1.29, 1.82) is 0 Å².